The monoisotopic (exact) mass is 334 g/mol. The van der Waals surface area contributed by atoms with E-state index < -0.39 is 0 Å². The van der Waals surface area contributed by atoms with Crippen molar-refractivity contribution in [3.63, 3.8) is 0 Å². The number of allylic oxidation sites excluding steroid dienone is 1. The van der Waals surface area contributed by atoms with E-state index in [1.54, 1.807) is 18.3 Å². The Hall–Kier alpha value is -2.72. The molecule has 1 heterocycles. The molecule has 0 fully saturated rings. The van der Waals surface area contributed by atoms with Gasteiger partial charge in [-0.15, -0.1) is 17.9 Å². The number of thiazole rings is 1. The van der Waals surface area contributed by atoms with Gasteiger partial charge in [0.15, 0.2) is 10.6 Å². The topological polar surface area (TPSA) is 34.4 Å². The van der Waals surface area contributed by atoms with Crippen molar-refractivity contribution in [1.82, 2.24) is 4.57 Å². The number of aromatic nitrogens is 1. The normalized spacial score (nSPS) is 11.5. The van der Waals surface area contributed by atoms with Crippen LogP contribution in [0.5, 0.6) is 0 Å². The summed E-state index contributed by atoms with van der Waals surface area (Å²) in [5, 5.41) is 2.11. The van der Waals surface area contributed by atoms with Crippen molar-refractivity contribution in [2.45, 2.75) is 13.5 Å². The van der Waals surface area contributed by atoms with E-state index in [1.807, 2.05) is 48.5 Å². The van der Waals surface area contributed by atoms with Crippen LogP contribution in [0.25, 0.3) is 11.3 Å². The molecule has 0 spiro atoms. The lowest BCUT2D eigenvalue weighted by Gasteiger charge is -2.06. The third-order valence-corrected chi connectivity index (χ3v) is 4.54. The van der Waals surface area contributed by atoms with E-state index in [1.165, 1.54) is 0 Å². The number of carbonyl (C=O) groups excluding carboxylic acids is 1. The zero-order valence-corrected chi connectivity index (χ0v) is 14.3. The van der Waals surface area contributed by atoms with Gasteiger partial charge in [-0.05, 0) is 36.8 Å². The largest absolute Gasteiger partial charge is 0.313 e. The summed E-state index contributed by atoms with van der Waals surface area (Å²) in [6.45, 7) is 6.11. The minimum atomic E-state index is 0.0609. The van der Waals surface area contributed by atoms with E-state index >= 15 is 0 Å². The maximum Gasteiger partial charge on any atom is 0.190 e. The molecule has 3 aromatic rings. The van der Waals surface area contributed by atoms with Gasteiger partial charge in [-0.2, -0.15) is 0 Å². The molecule has 2 aromatic carbocycles. The Kier molecular flexibility index (Phi) is 4.87. The molecule has 0 saturated heterocycles. The average Bonchev–Trinajstić information content (AvgIpc) is 2.99. The van der Waals surface area contributed by atoms with Gasteiger partial charge in [0.25, 0.3) is 0 Å². The van der Waals surface area contributed by atoms with Crippen LogP contribution in [0.4, 0.5) is 5.69 Å². The van der Waals surface area contributed by atoms with Crippen LogP contribution in [0.3, 0.4) is 0 Å². The summed E-state index contributed by atoms with van der Waals surface area (Å²) in [6, 6.07) is 17.6. The lowest BCUT2D eigenvalue weighted by atomic mass is 10.1. The number of ketones is 1. The third-order valence-electron chi connectivity index (χ3n) is 3.68. The molecular formula is C20H18N2OS. The van der Waals surface area contributed by atoms with Crippen LogP contribution < -0.4 is 4.80 Å². The van der Waals surface area contributed by atoms with Crippen LogP contribution in [0.15, 0.2) is 77.6 Å². The predicted octanol–water partition coefficient (Wildman–Crippen LogP) is 4.84. The molecule has 0 saturated carbocycles. The molecule has 0 atom stereocenters. The van der Waals surface area contributed by atoms with Gasteiger partial charge in [0.2, 0.25) is 0 Å². The first kappa shape index (κ1) is 16.1. The predicted molar refractivity (Wildman–Crippen MR) is 99.6 cm³/mol. The molecule has 0 unspecified atom stereocenters. The summed E-state index contributed by atoms with van der Waals surface area (Å²) in [5.74, 6) is 0.0609. The molecular weight excluding hydrogens is 316 g/mol. The molecule has 0 N–H and O–H groups in total. The van der Waals surface area contributed by atoms with Gasteiger partial charge < -0.3 is 4.57 Å². The second kappa shape index (κ2) is 7.23. The molecule has 4 heteroatoms. The summed E-state index contributed by atoms with van der Waals surface area (Å²) in [4.78, 5) is 17.0. The van der Waals surface area contributed by atoms with Crippen molar-refractivity contribution in [1.29, 1.82) is 0 Å². The Labute approximate surface area is 145 Å². The summed E-state index contributed by atoms with van der Waals surface area (Å²) < 4.78 is 2.14. The first-order valence-electron chi connectivity index (χ1n) is 7.69. The zero-order valence-electron chi connectivity index (χ0n) is 13.5. The van der Waals surface area contributed by atoms with Crippen LogP contribution >= 0.6 is 11.3 Å². The number of carbonyl (C=O) groups is 1. The third kappa shape index (κ3) is 3.44. The van der Waals surface area contributed by atoms with Gasteiger partial charge in [0.1, 0.15) is 0 Å². The highest BCUT2D eigenvalue weighted by atomic mass is 32.1. The van der Waals surface area contributed by atoms with Crippen molar-refractivity contribution in [2.24, 2.45) is 4.99 Å². The average molecular weight is 334 g/mol. The molecule has 1 aromatic heterocycles. The van der Waals surface area contributed by atoms with Crippen molar-refractivity contribution in [3.8, 4) is 11.3 Å². The maximum atomic E-state index is 11.4. The van der Waals surface area contributed by atoms with Gasteiger partial charge >= 0.3 is 0 Å². The first-order chi connectivity index (χ1) is 11.7. The molecule has 3 nitrogen and oxygen atoms in total. The van der Waals surface area contributed by atoms with E-state index in [4.69, 9.17) is 4.99 Å². The molecule has 0 radical (unpaired) electrons. The lowest BCUT2D eigenvalue weighted by Crippen LogP contribution is -2.14. The summed E-state index contributed by atoms with van der Waals surface area (Å²) in [7, 11) is 0. The van der Waals surface area contributed by atoms with Crippen molar-refractivity contribution in [2.75, 3.05) is 0 Å². The van der Waals surface area contributed by atoms with Gasteiger partial charge in [-0.1, -0.05) is 36.4 Å². The quantitative estimate of drug-likeness (QED) is 0.486. The number of benzene rings is 2. The molecule has 0 aliphatic carbocycles. The second-order valence-corrected chi connectivity index (χ2v) is 6.22. The lowest BCUT2D eigenvalue weighted by molar-refractivity contribution is 0.101. The molecule has 0 aliphatic heterocycles. The Morgan fingerprint density at radius 2 is 1.88 bits per heavy atom. The minimum absolute atomic E-state index is 0.0609. The molecule has 24 heavy (non-hydrogen) atoms. The highest BCUT2D eigenvalue weighted by Crippen LogP contribution is 2.20. The van der Waals surface area contributed by atoms with Crippen molar-refractivity contribution in [3.05, 3.63) is 83.0 Å². The molecule has 0 bridgehead atoms. The van der Waals surface area contributed by atoms with E-state index in [0.717, 1.165) is 21.7 Å². The standard InChI is InChI=1S/C20H18N2OS/c1-3-13-22-19(17-7-5-4-6-8-17)14-24-20(22)21-18-11-9-16(10-12-18)15(2)23/h3-12,14H,1,13H2,2H3. The number of hydrogen-bond donors (Lipinski definition) is 0. The van der Waals surface area contributed by atoms with E-state index in [0.29, 0.717) is 12.1 Å². The van der Waals surface area contributed by atoms with Gasteiger partial charge in [0.05, 0.1) is 11.4 Å². The Morgan fingerprint density at radius 3 is 2.50 bits per heavy atom. The highest BCUT2D eigenvalue weighted by Gasteiger charge is 2.07. The van der Waals surface area contributed by atoms with E-state index in [9.17, 15) is 4.79 Å². The van der Waals surface area contributed by atoms with Gasteiger partial charge in [-0.25, -0.2) is 4.99 Å². The fraction of sp³-hybridized carbons (Fsp3) is 0.100. The Bertz CT molecular complexity index is 918. The summed E-state index contributed by atoms with van der Waals surface area (Å²) in [5.41, 5.74) is 3.81. The Morgan fingerprint density at radius 1 is 1.17 bits per heavy atom. The Balaban J connectivity index is 2.06. The molecule has 120 valence electrons. The number of Topliss-reactive ketones (excluding diaryl/α,β-unsaturated/α-hetero) is 1. The van der Waals surface area contributed by atoms with Crippen LogP contribution in [0, 0.1) is 0 Å². The molecule has 0 amide bonds. The van der Waals surface area contributed by atoms with Crippen molar-refractivity contribution < 1.29 is 4.79 Å². The second-order valence-electron chi connectivity index (χ2n) is 5.38. The minimum Gasteiger partial charge on any atom is -0.313 e. The summed E-state index contributed by atoms with van der Waals surface area (Å²) >= 11 is 1.60. The van der Waals surface area contributed by atoms with Gasteiger partial charge in [-0.3, -0.25) is 4.79 Å². The fourth-order valence-electron chi connectivity index (χ4n) is 2.44. The van der Waals surface area contributed by atoms with Crippen molar-refractivity contribution >= 4 is 22.8 Å². The van der Waals surface area contributed by atoms with Gasteiger partial charge in [0, 0.05) is 17.5 Å². The summed E-state index contributed by atoms with van der Waals surface area (Å²) in [6.07, 6.45) is 1.87. The maximum absolute atomic E-state index is 11.4. The zero-order chi connectivity index (χ0) is 16.9. The fourth-order valence-corrected chi connectivity index (χ4v) is 3.38. The van der Waals surface area contributed by atoms with Crippen LogP contribution in [0.1, 0.15) is 17.3 Å². The van der Waals surface area contributed by atoms with Crippen LogP contribution in [-0.4, -0.2) is 10.4 Å². The van der Waals surface area contributed by atoms with E-state index in [-0.39, 0.29) is 5.78 Å². The van der Waals surface area contributed by atoms with Crippen LogP contribution in [0.2, 0.25) is 0 Å². The number of nitrogens with zero attached hydrogens (tertiary/aromatic N) is 2. The first-order valence-corrected chi connectivity index (χ1v) is 8.57. The number of hydrogen-bond acceptors (Lipinski definition) is 3. The van der Waals surface area contributed by atoms with Crippen LogP contribution in [-0.2, 0) is 6.54 Å². The number of rotatable bonds is 5. The molecule has 0 aliphatic rings. The molecule has 3 rings (SSSR count). The SMILES string of the molecule is C=CCn1c(-c2ccccc2)csc1=Nc1ccc(C(C)=O)cc1. The highest BCUT2D eigenvalue weighted by molar-refractivity contribution is 7.07. The smallest absolute Gasteiger partial charge is 0.190 e. The van der Waals surface area contributed by atoms with E-state index in [2.05, 4.69) is 28.7 Å².